The van der Waals surface area contributed by atoms with E-state index in [2.05, 4.69) is 10.3 Å². The van der Waals surface area contributed by atoms with E-state index in [-0.39, 0.29) is 42.2 Å². The number of carboxylic acid groups (broad SMARTS) is 1. The average Bonchev–Trinajstić information content (AvgIpc) is 3.72. The van der Waals surface area contributed by atoms with Crippen molar-refractivity contribution in [2.75, 3.05) is 44.8 Å². The van der Waals surface area contributed by atoms with Gasteiger partial charge in [-0.15, -0.1) is 11.3 Å². The number of aliphatic hydroxyl groups is 1. The molecule has 3 aliphatic rings. The van der Waals surface area contributed by atoms with Crippen molar-refractivity contribution in [3.05, 3.63) is 92.3 Å². The van der Waals surface area contributed by atoms with E-state index in [1.165, 1.54) is 36.6 Å². The fourth-order valence-corrected chi connectivity index (χ4v) is 7.17. The molecule has 0 unspecified atom stereocenters. The van der Waals surface area contributed by atoms with Crippen LogP contribution in [-0.2, 0) is 20.7 Å². The first-order valence-corrected chi connectivity index (χ1v) is 16.2. The summed E-state index contributed by atoms with van der Waals surface area (Å²) in [6.07, 6.45) is 2.04. The third kappa shape index (κ3) is 6.59. The maximum absolute atomic E-state index is 14.0. The number of aromatic nitrogens is 1. The number of nitrogens with zero attached hydrogens (tertiary/aromatic N) is 5. The molecule has 4 heterocycles. The number of carboxylic acids is 1. The van der Waals surface area contributed by atoms with E-state index in [1.54, 1.807) is 33.5 Å². The van der Waals surface area contributed by atoms with Crippen molar-refractivity contribution >= 4 is 52.4 Å². The van der Waals surface area contributed by atoms with Gasteiger partial charge in [-0.25, -0.2) is 19.0 Å². The zero-order valence-corrected chi connectivity index (χ0v) is 26.9. The molecule has 1 aromatic heterocycles. The van der Waals surface area contributed by atoms with Crippen LogP contribution < -0.4 is 10.2 Å². The molecule has 2 fully saturated rings. The Balaban J connectivity index is 1.29. The lowest BCUT2D eigenvalue weighted by Gasteiger charge is -2.43. The zero-order chi connectivity index (χ0) is 33.2. The number of carbonyl (C=O) groups excluding carboxylic acids is 2. The Morgan fingerprint density at radius 1 is 1.19 bits per heavy atom. The second kappa shape index (κ2) is 13.8. The third-order valence-electron chi connectivity index (χ3n) is 8.64. The molecular formula is C32H32ClFN6O6S. The molecule has 0 saturated carbocycles. The summed E-state index contributed by atoms with van der Waals surface area (Å²) in [5.74, 6) is -1.65. The highest BCUT2D eigenvalue weighted by molar-refractivity contribution is 7.11. The van der Waals surface area contributed by atoms with Gasteiger partial charge in [0.15, 0.2) is 10.8 Å². The Morgan fingerprint density at radius 2 is 1.98 bits per heavy atom. The van der Waals surface area contributed by atoms with Crippen LogP contribution in [0.5, 0.6) is 0 Å². The zero-order valence-electron chi connectivity index (χ0n) is 25.3. The smallest absolute Gasteiger partial charge is 0.338 e. The van der Waals surface area contributed by atoms with Crippen LogP contribution in [0.1, 0.15) is 28.6 Å². The Kier molecular flexibility index (Phi) is 9.55. The van der Waals surface area contributed by atoms with Crippen molar-refractivity contribution < 1.29 is 33.7 Å². The number of anilines is 1. The fraction of sp³-hybridized carbons (Fsp3) is 0.344. The lowest BCUT2D eigenvalue weighted by atomic mass is 9.94. The number of carbonyl (C=O) groups is 3. The number of esters is 1. The summed E-state index contributed by atoms with van der Waals surface area (Å²) in [6.45, 7) is 1.03. The van der Waals surface area contributed by atoms with Crippen molar-refractivity contribution in [1.29, 1.82) is 0 Å². The first-order chi connectivity index (χ1) is 22.7. The number of methoxy groups -OCH3 is 1. The van der Waals surface area contributed by atoms with Crippen molar-refractivity contribution in [2.45, 2.75) is 31.0 Å². The highest BCUT2D eigenvalue weighted by Crippen LogP contribution is 2.38. The molecule has 3 atom stereocenters. The molecule has 2 aromatic carbocycles. The number of fused-ring (bicyclic) bond motifs is 1. The van der Waals surface area contributed by atoms with Crippen LogP contribution in [0.2, 0.25) is 5.02 Å². The second-order valence-corrected chi connectivity index (χ2v) is 12.6. The number of nitrogens with one attached hydrogen (secondary N) is 1. The minimum atomic E-state index is -0.929. The maximum Gasteiger partial charge on any atom is 0.338 e. The van der Waals surface area contributed by atoms with Crippen molar-refractivity contribution in [1.82, 2.24) is 20.1 Å². The molecule has 3 aromatic rings. The number of piperazine rings is 1. The molecule has 6 rings (SSSR count). The minimum absolute atomic E-state index is 0.0176. The van der Waals surface area contributed by atoms with Crippen LogP contribution in [0, 0.1) is 5.82 Å². The molecule has 3 N–H and O–H groups in total. The lowest BCUT2D eigenvalue weighted by molar-refractivity contribution is -0.137. The number of aliphatic carboxylic acids is 1. The number of urea groups is 1. The Hall–Kier alpha value is -4.37. The van der Waals surface area contributed by atoms with Gasteiger partial charge in [0.2, 0.25) is 0 Å². The summed E-state index contributed by atoms with van der Waals surface area (Å²) in [7, 11) is 1.27. The van der Waals surface area contributed by atoms with E-state index in [0.717, 1.165) is 5.56 Å². The minimum Gasteiger partial charge on any atom is -0.481 e. The van der Waals surface area contributed by atoms with E-state index in [0.29, 0.717) is 53.8 Å². The monoisotopic (exact) mass is 682 g/mol. The van der Waals surface area contributed by atoms with Gasteiger partial charge in [-0.2, -0.15) is 0 Å². The second-order valence-electron chi connectivity index (χ2n) is 11.3. The number of aryl methyl sites for hydroxylation is 1. The standard InChI is InChI=1S/C32H32ClFN6O6S/c1-46-31(44)27-23(36-29(30-35-10-13-47-30)37-28(27)21-8-5-19(34)14-22(21)33)15-38-11-12-39-24(25(38)17-41)16-40(32(39)45)20-6-2-18(3-7-20)4-9-26(42)43/h2-3,5-8,10,13-14,24-25,28,41H,4,9,11-12,15-17H2,1H3,(H,36,37)(H,42,43)/t24-,25-,28-/m0/s1. The van der Waals surface area contributed by atoms with E-state index in [1.807, 2.05) is 17.0 Å². The molecule has 3 aliphatic heterocycles. The Morgan fingerprint density at radius 3 is 2.64 bits per heavy atom. The number of amides is 2. The van der Waals surface area contributed by atoms with Gasteiger partial charge in [-0.05, 0) is 36.2 Å². The van der Waals surface area contributed by atoms with Crippen molar-refractivity contribution in [3.8, 4) is 0 Å². The summed E-state index contributed by atoms with van der Waals surface area (Å²) in [4.78, 5) is 52.5. The van der Waals surface area contributed by atoms with Crippen LogP contribution in [0.25, 0.3) is 0 Å². The Bertz CT molecular complexity index is 1740. The summed E-state index contributed by atoms with van der Waals surface area (Å²) < 4.78 is 19.2. The SMILES string of the molecule is COC(=O)C1=C(CN2CCN3C(=O)N(c4ccc(CCC(=O)O)cc4)C[C@H]3[C@@H]2CO)NC(c2nccs2)=N[C@H]1c1ccc(F)cc1Cl. The molecule has 0 radical (unpaired) electrons. The Labute approximate surface area is 278 Å². The van der Waals surface area contributed by atoms with Gasteiger partial charge < -0.3 is 25.2 Å². The molecule has 0 aliphatic carbocycles. The quantitative estimate of drug-likeness (QED) is 0.274. The van der Waals surface area contributed by atoms with Crippen LogP contribution in [0.4, 0.5) is 14.9 Å². The number of halogens is 2. The first kappa shape index (κ1) is 32.6. The summed E-state index contributed by atoms with van der Waals surface area (Å²) in [6, 6.07) is 9.22. The lowest BCUT2D eigenvalue weighted by Crippen LogP contribution is -2.61. The third-order valence-corrected chi connectivity index (χ3v) is 9.74. The van der Waals surface area contributed by atoms with Gasteiger partial charge in [0.05, 0.1) is 31.4 Å². The van der Waals surface area contributed by atoms with Gasteiger partial charge in [0.1, 0.15) is 11.9 Å². The number of hydrogen-bond acceptors (Lipinski definition) is 10. The topological polar surface area (TPSA) is 148 Å². The average molecular weight is 683 g/mol. The van der Waals surface area contributed by atoms with Gasteiger partial charge in [-0.3, -0.25) is 19.6 Å². The molecular weight excluding hydrogens is 651 g/mol. The van der Waals surface area contributed by atoms with Crippen LogP contribution >= 0.6 is 22.9 Å². The van der Waals surface area contributed by atoms with Crippen molar-refractivity contribution in [3.63, 3.8) is 0 Å². The van der Waals surface area contributed by atoms with E-state index in [4.69, 9.17) is 26.4 Å². The molecule has 12 nitrogen and oxygen atoms in total. The van der Waals surface area contributed by atoms with E-state index in [9.17, 15) is 23.9 Å². The molecule has 2 saturated heterocycles. The summed E-state index contributed by atoms with van der Waals surface area (Å²) >= 11 is 7.83. The van der Waals surface area contributed by atoms with E-state index >= 15 is 0 Å². The summed E-state index contributed by atoms with van der Waals surface area (Å²) in [5, 5.41) is 25.4. The predicted octanol–water partition coefficient (Wildman–Crippen LogP) is 3.46. The predicted molar refractivity (Wildman–Crippen MR) is 173 cm³/mol. The maximum atomic E-state index is 14.0. The largest absolute Gasteiger partial charge is 0.481 e. The van der Waals surface area contributed by atoms with Crippen LogP contribution in [0.3, 0.4) is 0 Å². The van der Waals surface area contributed by atoms with Crippen LogP contribution in [-0.4, -0.2) is 101 Å². The normalized spacial score (nSPS) is 21.4. The highest BCUT2D eigenvalue weighted by atomic mass is 35.5. The van der Waals surface area contributed by atoms with Gasteiger partial charge in [0.25, 0.3) is 0 Å². The first-order valence-electron chi connectivity index (χ1n) is 14.9. The number of hydrogen-bond donors (Lipinski definition) is 3. The molecule has 0 bridgehead atoms. The number of amidine groups is 1. The van der Waals surface area contributed by atoms with Gasteiger partial charge in [-0.1, -0.05) is 29.8 Å². The molecule has 2 amide bonds. The molecule has 0 spiro atoms. The number of ether oxygens (including phenoxy) is 1. The van der Waals surface area contributed by atoms with Crippen LogP contribution in [0.15, 0.2) is 70.3 Å². The van der Waals surface area contributed by atoms with Crippen molar-refractivity contribution in [2.24, 2.45) is 4.99 Å². The molecule has 246 valence electrons. The number of aliphatic hydroxyl groups excluding tert-OH is 1. The summed E-state index contributed by atoms with van der Waals surface area (Å²) in [5.41, 5.74) is 2.60. The van der Waals surface area contributed by atoms with Gasteiger partial charge >= 0.3 is 18.0 Å². The highest BCUT2D eigenvalue weighted by Gasteiger charge is 2.47. The van der Waals surface area contributed by atoms with Gasteiger partial charge in [0, 0.05) is 66.1 Å². The number of aliphatic imine (C=N–C) groups is 1. The number of benzene rings is 2. The molecule has 47 heavy (non-hydrogen) atoms. The number of rotatable bonds is 10. The van der Waals surface area contributed by atoms with E-state index < -0.39 is 29.8 Å². The molecule has 15 heteroatoms. The number of thiazole rings is 1. The fourth-order valence-electron chi connectivity index (χ4n) is 6.31.